The van der Waals surface area contributed by atoms with E-state index >= 15 is 0 Å². The number of nitriles is 1. The van der Waals surface area contributed by atoms with Gasteiger partial charge in [-0.15, -0.1) is 0 Å². The van der Waals surface area contributed by atoms with Gasteiger partial charge in [0.2, 0.25) is 0 Å². The van der Waals surface area contributed by atoms with Crippen LogP contribution in [0.1, 0.15) is 30.0 Å². The van der Waals surface area contributed by atoms with Gasteiger partial charge in [0.1, 0.15) is 0 Å². The molecule has 0 heterocycles. The summed E-state index contributed by atoms with van der Waals surface area (Å²) in [6.45, 7) is 2.02. The van der Waals surface area contributed by atoms with Crippen molar-refractivity contribution >= 4 is 11.5 Å². The smallest absolute Gasteiger partial charge is 0.309 e. The quantitative estimate of drug-likeness (QED) is 0.729. The minimum Gasteiger partial charge on any atom is -0.469 e. The van der Waals surface area contributed by atoms with Crippen LogP contribution in [0.15, 0.2) is 23.8 Å². The topological polar surface area (TPSA) is 50.1 Å². The zero-order chi connectivity index (χ0) is 12.4. The van der Waals surface area contributed by atoms with E-state index in [0.717, 1.165) is 23.1 Å². The number of hydrogen-bond acceptors (Lipinski definition) is 3. The number of hydrogen-bond donors (Lipinski definition) is 0. The first-order chi connectivity index (χ1) is 8.15. The van der Waals surface area contributed by atoms with Gasteiger partial charge in [0, 0.05) is 0 Å². The Hall–Kier alpha value is -2.08. The molecular formula is C14H13NO2. The van der Waals surface area contributed by atoms with E-state index in [4.69, 9.17) is 10.00 Å². The normalized spacial score (nSPS) is 13.2. The monoisotopic (exact) mass is 227 g/mol. The molecule has 1 aliphatic carbocycles. The van der Waals surface area contributed by atoms with Gasteiger partial charge in [-0.3, -0.25) is 4.79 Å². The summed E-state index contributed by atoms with van der Waals surface area (Å²) in [7, 11) is 1.40. The molecule has 1 aromatic rings. The van der Waals surface area contributed by atoms with E-state index in [0.29, 0.717) is 12.0 Å². The van der Waals surface area contributed by atoms with Gasteiger partial charge in [-0.2, -0.15) is 5.26 Å². The molecule has 0 aliphatic heterocycles. The minimum absolute atomic E-state index is 0.225. The third kappa shape index (κ3) is 2.07. The first kappa shape index (κ1) is 11.4. The predicted octanol–water partition coefficient (Wildman–Crippen LogP) is 2.45. The molecule has 1 aromatic carbocycles. The van der Waals surface area contributed by atoms with Crippen LogP contribution in [0.3, 0.4) is 0 Å². The predicted molar refractivity (Wildman–Crippen MR) is 64.1 cm³/mol. The Morgan fingerprint density at radius 3 is 2.94 bits per heavy atom. The SMILES string of the molecule is COC(=O)CC1=C(C)Cc2cc(C#N)ccc21. The molecule has 0 spiro atoms. The second-order valence-electron chi connectivity index (χ2n) is 4.17. The van der Waals surface area contributed by atoms with E-state index in [1.807, 2.05) is 19.1 Å². The third-order valence-electron chi connectivity index (χ3n) is 3.08. The van der Waals surface area contributed by atoms with Crippen LogP contribution in [-0.4, -0.2) is 13.1 Å². The van der Waals surface area contributed by atoms with Crippen LogP contribution in [0, 0.1) is 11.3 Å². The first-order valence-electron chi connectivity index (χ1n) is 5.44. The maximum atomic E-state index is 11.3. The highest BCUT2D eigenvalue weighted by atomic mass is 16.5. The summed E-state index contributed by atoms with van der Waals surface area (Å²) in [6, 6.07) is 7.73. The second-order valence-corrected chi connectivity index (χ2v) is 4.17. The largest absolute Gasteiger partial charge is 0.469 e. The summed E-state index contributed by atoms with van der Waals surface area (Å²) in [4.78, 5) is 11.3. The van der Waals surface area contributed by atoms with E-state index in [9.17, 15) is 4.79 Å². The standard InChI is InChI=1S/C14H13NO2/c1-9-5-11-6-10(8-15)3-4-12(11)13(9)7-14(16)17-2/h3-4,6H,5,7H2,1-2H3. The Morgan fingerprint density at radius 2 is 2.29 bits per heavy atom. The summed E-state index contributed by atoms with van der Waals surface area (Å²) in [5, 5.41) is 8.85. The first-order valence-corrected chi connectivity index (χ1v) is 5.44. The van der Waals surface area contributed by atoms with Crippen molar-refractivity contribution in [2.75, 3.05) is 7.11 Å². The number of methoxy groups -OCH3 is 1. The molecular weight excluding hydrogens is 214 g/mol. The van der Waals surface area contributed by atoms with Crippen molar-refractivity contribution in [2.45, 2.75) is 19.8 Å². The molecule has 3 nitrogen and oxygen atoms in total. The highest BCUT2D eigenvalue weighted by Gasteiger charge is 2.21. The molecule has 2 rings (SSSR count). The fraction of sp³-hybridized carbons (Fsp3) is 0.286. The fourth-order valence-corrected chi connectivity index (χ4v) is 2.19. The van der Waals surface area contributed by atoms with Gasteiger partial charge in [0.05, 0.1) is 25.2 Å². The van der Waals surface area contributed by atoms with Crippen LogP contribution >= 0.6 is 0 Å². The van der Waals surface area contributed by atoms with Crippen molar-refractivity contribution in [3.05, 3.63) is 40.5 Å². The maximum Gasteiger partial charge on any atom is 0.309 e. The van der Waals surface area contributed by atoms with Crippen molar-refractivity contribution in [1.29, 1.82) is 5.26 Å². The summed E-state index contributed by atoms with van der Waals surface area (Å²) in [5.41, 5.74) is 5.08. The molecule has 0 atom stereocenters. The van der Waals surface area contributed by atoms with Crippen LogP contribution in [0.5, 0.6) is 0 Å². The molecule has 0 fully saturated rings. The Labute approximate surface area is 100 Å². The molecule has 1 aliphatic rings. The van der Waals surface area contributed by atoms with Gasteiger partial charge in [0.15, 0.2) is 0 Å². The molecule has 0 radical (unpaired) electrons. The lowest BCUT2D eigenvalue weighted by molar-refractivity contribution is -0.139. The fourth-order valence-electron chi connectivity index (χ4n) is 2.19. The lowest BCUT2D eigenvalue weighted by Gasteiger charge is -2.05. The Balaban J connectivity index is 2.36. The van der Waals surface area contributed by atoms with Gasteiger partial charge in [-0.25, -0.2) is 0 Å². The lowest BCUT2D eigenvalue weighted by Crippen LogP contribution is -2.01. The van der Waals surface area contributed by atoms with E-state index < -0.39 is 0 Å². The van der Waals surface area contributed by atoms with E-state index in [1.54, 1.807) is 6.07 Å². The number of carbonyl (C=O) groups is 1. The number of fused-ring (bicyclic) bond motifs is 1. The molecule has 17 heavy (non-hydrogen) atoms. The number of esters is 1. The molecule has 0 unspecified atom stereocenters. The number of nitrogens with zero attached hydrogens (tertiary/aromatic N) is 1. The molecule has 0 aromatic heterocycles. The van der Waals surface area contributed by atoms with Crippen LogP contribution in [0.4, 0.5) is 0 Å². The van der Waals surface area contributed by atoms with Gasteiger partial charge < -0.3 is 4.74 Å². The Kier molecular flexibility index (Phi) is 2.97. The van der Waals surface area contributed by atoms with Crippen molar-refractivity contribution in [3.8, 4) is 6.07 Å². The maximum absolute atomic E-state index is 11.3. The van der Waals surface area contributed by atoms with E-state index in [2.05, 4.69) is 6.07 Å². The number of rotatable bonds is 2. The van der Waals surface area contributed by atoms with Gasteiger partial charge in [-0.05, 0) is 42.2 Å². The number of ether oxygens (including phenoxy) is 1. The molecule has 0 N–H and O–H groups in total. The molecule has 3 heteroatoms. The Bertz CT molecular complexity index is 550. The van der Waals surface area contributed by atoms with Gasteiger partial charge >= 0.3 is 5.97 Å². The second kappa shape index (κ2) is 4.42. The van der Waals surface area contributed by atoms with Crippen molar-refractivity contribution < 1.29 is 9.53 Å². The van der Waals surface area contributed by atoms with Crippen LogP contribution in [-0.2, 0) is 16.0 Å². The van der Waals surface area contributed by atoms with Gasteiger partial charge in [0.25, 0.3) is 0 Å². The number of carbonyl (C=O) groups excluding carboxylic acids is 1. The van der Waals surface area contributed by atoms with Crippen molar-refractivity contribution in [2.24, 2.45) is 0 Å². The Morgan fingerprint density at radius 1 is 1.53 bits per heavy atom. The highest BCUT2D eigenvalue weighted by molar-refractivity contribution is 5.89. The zero-order valence-electron chi connectivity index (χ0n) is 9.91. The van der Waals surface area contributed by atoms with Gasteiger partial charge in [-0.1, -0.05) is 11.6 Å². The van der Waals surface area contributed by atoms with Crippen molar-refractivity contribution in [1.82, 2.24) is 0 Å². The molecule has 0 saturated carbocycles. The summed E-state index contributed by atoms with van der Waals surface area (Å²) in [5.74, 6) is -0.225. The summed E-state index contributed by atoms with van der Waals surface area (Å²) < 4.78 is 4.69. The van der Waals surface area contributed by atoms with Crippen LogP contribution in [0.25, 0.3) is 5.57 Å². The molecule has 86 valence electrons. The van der Waals surface area contributed by atoms with Crippen molar-refractivity contribution in [3.63, 3.8) is 0 Å². The average molecular weight is 227 g/mol. The summed E-state index contributed by atoms with van der Waals surface area (Å²) >= 11 is 0. The molecule has 0 bridgehead atoms. The number of benzene rings is 1. The lowest BCUT2D eigenvalue weighted by atomic mass is 10.0. The van der Waals surface area contributed by atoms with E-state index in [-0.39, 0.29) is 5.97 Å². The van der Waals surface area contributed by atoms with Crippen LogP contribution < -0.4 is 0 Å². The third-order valence-corrected chi connectivity index (χ3v) is 3.08. The molecule has 0 saturated heterocycles. The van der Waals surface area contributed by atoms with E-state index in [1.165, 1.54) is 12.7 Å². The highest BCUT2D eigenvalue weighted by Crippen LogP contribution is 2.35. The van der Waals surface area contributed by atoms with Crippen LogP contribution in [0.2, 0.25) is 0 Å². The number of allylic oxidation sites excluding steroid dienone is 1. The average Bonchev–Trinajstić information content (AvgIpc) is 2.64. The molecule has 0 amide bonds. The zero-order valence-corrected chi connectivity index (χ0v) is 9.91. The summed E-state index contributed by atoms with van der Waals surface area (Å²) in [6.07, 6.45) is 1.12. The minimum atomic E-state index is -0.225.